The molecular weight excluding hydrogens is 336 g/mol. The lowest BCUT2D eigenvalue weighted by molar-refractivity contribution is -0.140. The van der Waals surface area contributed by atoms with E-state index in [2.05, 4.69) is 0 Å². The lowest BCUT2D eigenvalue weighted by atomic mass is 9.78. The summed E-state index contributed by atoms with van der Waals surface area (Å²) in [5.74, 6) is -0.413. The third-order valence-electron chi connectivity index (χ3n) is 5.20. The van der Waals surface area contributed by atoms with Gasteiger partial charge in [-0.25, -0.2) is 0 Å². The zero-order valence-electron chi connectivity index (χ0n) is 15.9. The molecule has 0 saturated heterocycles. The Labute approximate surface area is 153 Å². The van der Waals surface area contributed by atoms with Gasteiger partial charge in [0, 0.05) is 5.57 Å². The Morgan fingerprint density at radius 3 is 2.65 bits per heavy atom. The van der Waals surface area contributed by atoms with Gasteiger partial charge in [0.05, 0.1) is 12.4 Å². The number of ether oxygens (including phenoxy) is 1. The van der Waals surface area contributed by atoms with Crippen molar-refractivity contribution >= 4 is 5.78 Å². The van der Waals surface area contributed by atoms with E-state index in [9.17, 15) is 25.2 Å². The molecule has 2 aliphatic rings. The summed E-state index contributed by atoms with van der Waals surface area (Å²) < 4.78 is 5.48. The van der Waals surface area contributed by atoms with Gasteiger partial charge in [0.2, 0.25) is 0 Å². The van der Waals surface area contributed by atoms with Crippen LogP contribution in [-0.2, 0) is 9.53 Å². The summed E-state index contributed by atoms with van der Waals surface area (Å²) in [5.41, 5.74) is -2.17. The molecule has 0 radical (unpaired) electrons. The number of hydrogen-bond donors (Lipinski definition) is 4. The second kappa shape index (κ2) is 7.12. The van der Waals surface area contributed by atoms with Crippen LogP contribution in [0, 0.1) is 5.92 Å². The quantitative estimate of drug-likeness (QED) is 0.551. The minimum atomic E-state index is -1.91. The summed E-state index contributed by atoms with van der Waals surface area (Å²) >= 11 is 0. The molecule has 144 valence electrons. The fraction of sp³-hybridized carbons (Fsp3) is 0.550. The molecule has 2 rings (SSSR count). The predicted octanol–water partition coefficient (Wildman–Crippen LogP) is 1.51. The van der Waals surface area contributed by atoms with E-state index in [0.717, 1.165) is 6.42 Å². The number of hydrogen-bond acceptors (Lipinski definition) is 6. The Balaban J connectivity index is 2.34. The Kier molecular flexibility index (Phi) is 5.63. The first kappa shape index (κ1) is 20.6. The average molecular weight is 364 g/mol. The highest BCUT2D eigenvalue weighted by molar-refractivity contribution is 6.01. The van der Waals surface area contributed by atoms with Crippen molar-refractivity contribution in [2.75, 3.05) is 0 Å². The number of allylic oxidation sites excluding steroid dienone is 1. The van der Waals surface area contributed by atoms with Gasteiger partial charge in [0.1, 0.15) is 17.5 Å². The molecule has 1 aliphatic carbocycles. The number of fused-ring (bicyclic) bond motifs is 1. The molecule has 0 fully saturated rings. The smallest absolute Gasteiger partial charge is 0.190 e. The highest BCUT2D eigenvalue weighted by Crippen LogP contribution is 2.37. The van der Waals surface area contributed by atoms with E-state index in [-0.39, 0.29) is 17.3 Å². The molecule has 6 heteroatoms. The van der Waals surface area contributed by atoms with Gasteiger partial charge in [-0.3, -0.25) is 4.79 Å². The van der Waals surface area contributed by atoms with Crippen molar-refractivity contribution in [2.45, 2.75) is 64.4 Å². The minimum absolute atomic E-state index is 0.0471. The number of ketones is 1. The maximum Gasteiger partial charge on any atom is 0.190 e. The van der Waals surface area contributed by atoms with Crippen molar-refractivity contribution in [2.24, 2.45) is 5.92 Å². The summed E-state index contributed by atoms with van der Waals surface area (Å²) in [5, 5.41) is 41.4. The highest BCUT2D eigenvalue weighted by atomic mass is 16.5. The zero-order chi connectivity index (χ0) is 19.9. The molecule has 0 aromatic rings. The number of carbonyl (C=O) groups excluding carboxylic acids is 1. The average Bonchev–Trinajstić information content (AvgIpc) is 2.58. The summed E-state index contributed by atoms with van der Waals surface area (Å²) in [6.45, 7) is 8.40. The van der Waals surface area contributed by atoms with Gasteiger partial charge >= 0.3 is 0 Å². The molecular formula is C20H28O6. The number of aliphatic hydroxyl groups excluding tert-OH is 2. The fourth-order valence-electron chi connectivity index (χ4n) is 3.06. The molecule has 0 bridgehead atoms. The van der Waals surface area contributed by atoms with Crippen molar-refractivity contribution in [3.63, 3.8) is 0 Å². The van der Waals surface area contributed by atoms with E-state index in [1.807, 2.05) is 13.8 Å². The lowest BCUT2D eigenvalue weighted by Crippen LogP contribution is -2.50. The summed E-state index contributed by atoms with van der Waals surface area (Å²) in [6.07, 6.45) is 4.14. The Hall–Kier alpha value is -1.73. The van der Waals surface area contributed by atoms with E-state index in [4.69, 9.17) is 4.74 Å². The van der Waals surface area contributed by atoms with Crippen LogP contribution in [0.3, 0.4) is 0 Å². The van der Waals surface area contributed by atoms with Crippen LogP contribution in [0.5, 0.6) is 0 Å². The van der Waals surface area contributed by atoms with Crippen molar-refractivity contribution in [1.82, 2.24) is 0 Å². The van der Waals surface area contributed by atoms with Crippen LogP contribution in [0.2, 0.25) is 0 Å². The van der Waals surface area contributed by atoms with Crippen LogP contribution in [-0.4, -0.2) is 49.6 Å². The van der Waals surface area contributed by atoms with E-state index in [1.54, 1.807) is 6.92 Å². The van der Waals surface area contributed by atoms with Gasteiger partial charge in [-0.05, 0) is 56.1 Å². The molecule has 1 aliphatic heterocycles. The third kappa shape index (κ3) is 3.69. The largest absolute Gasteiger partial charge is 0.466 e. The topological polar surface area (TPSA) is 107 Å². The first-order valence-corrected chi connectivity index (χ1v) is 8.77. The number of rotatable bonds is 5. The first-order valence-electron chi connectivity index (χ1n) is 8.77. The summed E-state index contributed by atoms with van der Waals surface area (Å²) in [6, 6.07) is 0. The molecule has 0 aromatic heterocycles. The third-order valence-corrected chi connectivity index (χ3v) is 5.20. The van der Waals surface area contributed by atoms with Crippen LogP contribution in [0.25, 0.3) is 0 Å². The second-order valence-corrected chi connectivity index (χ2v) is 7.58. The van der Waals surface area contributed by atoms with E-state index in [1.165, 1.54) is 38.3 Å². The second-order valence-electron chi connectivity index (χ2n) is 7.58. The van der Waals surface area contributed by atoms with Crippen molar-refractivity contribution in [1.29, 1.82) is 0 Å². The molecule has 4 N–H and O–H groups in total. The highest BCUT2D eigenvalue weighted by Gasteiger charge is 2.45. The number of carbonyl (C=O) groups is 1. The normalized spacial score (nSPS) is 31.0. The summed E-state index contributed by atoms with van der Waals surface area (Å²) in [4.78, 5) is 12.0. The summed E-state index contributed by atoms with van der Waals surface area (Å²) in [7, 11) is 0. The van der Waals surface area contributed by atoms with E-state index >= 15 is 0 Å². The molecule has 26 heavy (non-hydrogen) atoms. The van der Waals surface area contributed by atoms with Crippen LogP contribution in [0.4, 0.5) is 0 Å². The Bertz CT molecular complexity index is 708. The standard InChI is InChI=1S/C20H28O6/c1-6-11(2)17(22)12(3)9-19(4,24)16-8-13-7-15(21)20(5,25)18(23)14(13)10-26-16/h7-11,17-18,22-25H,6H2,1-5H3/t11-,17+,18+,19-,20+/m0/s1. The molecule has 0 saturated carbocycles. The van der Waals surface area contributed by atoms with Crippen LogP contribution in [0.1, 0.15) is 41.0 Å². The molecule has 0 spiro atoms. The van der Waals surface area contributed by atoms with Gasteiger partial charge < -0.3 is 25.2 Å². The Morgan fingerprint density at radius 1 is 1.46 bits per heavy atom. The van der Waals surface area contributed by atoms with Crippen molar-refractivity contribution < 1.29 is 30.0 Å². The molecule has 0 amide bonds. The van der Waals surface area contributed by atoms with Crippen molar-refractivity contribution in [3.05, 3.63) is 47.0 Å². The maximum atomic E-state index is 12.0. The maximum absolute atomic E-state index is 12.0. The van der Waals surface area contributed by atoms with Crippen LogP contribution >= 0.6 is 0 Å². The predicted molar refractivity (Wildman–Crippen MR) is 96.8 cm³/mol. The van der Waals surface area contributed by atoms with Crippen molar-refractivity contribution in [3.8, 4) is 0 Å². The minimum Gasteiger partial charge on any atom is -0.466 e. The van der Waals surface area contributed by atoms with E-state index in [0.29, 0.717) is 11.1 Å². The zero-order valence-corrected chi connectivity index (χ0v) is 15.9. The fourth-order valence-corrected chi connectivity index (χ4v) is 3.06. The molecule has 0 unspecified atom stereocenters. The van der Waals surface area contributed by atoms with Gasteiger partial charge in [-0.15, -0.1) is 0 Å². The van der Waals surface area contributed by atoms with Crippen LogP contribution < -0.4 is 0 Å². The Morgan fingerprint density at radius 2 is 2.08 bits per heavy atom. The van der Waals surface area contributed by atoms with Crippen LogP contribution in [0.15, 0.2) is 47.0 Å². The lowest BCUT2D eigenvalue weighted by Gasteiger charge is -2.35. The van der Waals surface area contributed by atoms with Gasteiger partial charge in [0.15, 0.2) is 11.4 Å². The first-order chi connectivity index (χ1) is 11.9. The van der Waals surface area contributed by atoms with Gasteiger partial charge in [0.25, 0.3) is 0 Å². The number of aliphatic hydroxyl groups is 4. The molecule has 6 nitrogen and oxygen atoms in total. The molecule has 0 aromatic carbocycles. The van der Waals surface area contributed by atoms with Gasteiger partial charge in [-0.1, -0.05) is 20.3 Å². The SMILES string of the molecule is CC[C@H](C)[C@@H](O)C(C)=C[C@](C)(O)C1=CC2=CC(=O)[C@@](C)(O)[C@H](O)C2=CO1. The van der Waals surface area contributed by atoms with E-state index < -0.39 is 29.2 Å². The monoisotopic (exact) mass is 364 g/mol. The van der Waals surface area contributed by atoms with Gasteiger partial charge in [-0.2, -0.15) is 0 Å². The molecule has 5 atom stereocenters. The molecule has 1 heterocycles.